The molecule has 0 aliphatic carbocycles. The third-order valence-electron chi connectivity index (χ3n) is 3.39. The lowest BCUT2D eigenvalue weighted by molar-refractivity contribution is -0.141. The summed E-state index contributed by atoms with van der Waals surface area (Å²) in [4.78, 5) is 15.0. The van der Waals surface area contributed by atoms with Gasteiger partial charge in [-0.05, 0) is 12.5 Å². The largest absolute Gasteiger partial charge is 0.390 e. The molecule has 0 saturated carbocycles. The first-order valence-corrected chi connectivity index (χ1v) is 6.53. The van der Waals surface area contributed by atoms with E-state index in [2.05, 4.69) is 4.98 Å². The van der Waals surface area contributed by atoms with E-state index in [1.165, 1.54) is 6.07 Å². The second-order valence-corrected chi connectivity index (χ2v) is 4.97. The Labute approximate surface area is 119 Å². The van der Waals surface area contributed by atoms with Crippen LogP contribution in [0.15, 0.2) is 17.1 Å². The van der Waals surface area contributed by atoms with Crippen LogP contribution in [0.4, 0.5) is 14.6 Å². The maximum absolute atomic E-state index is 14.1. The van der Waals surface area contributed by atoms with Crippen LogP contribution in [0.25, 0.3) is 0 Å². The lowest BCUT2D eigenvalue weighted by atomic mass is 10.0. The summed E-state index contributed by atoms with van der Waals surface area (Å²) in [6.07, 6.45) is -5.23. The fourth-order valence-corrected chi connectivity index (χ4v) is 2.30. The van der Waals surface area contributed by atoms with Gasteiger partial charge in [0.25, 0.3) is 0 Å². The Morgan fingerprint density at radius 1 is 1.62 bits per heavy atom. The number of aliphatic hydroxyl groups excluding tert-OH is 2. The molecule has 7 nitrogen and oxygen atoms in total. The Kier molecular flexibility index (Phi) is 4.26. The normalized spacial score (nSPS) is 29.5. The fourth-order valence-electron chi connectivity index (χ4n) is 2.30. The van der Waals surface area contributed by atoms with E-state index in [1.54, 1.807) is 6.92 Å². The van der Waals surface area contributed by atoms with Crippen molar-refractivity contribution in [3.05, 3.63) is 22.7 Å². The molecule has 2 rings (SSSR count). The van der Waals surface area contributed by atoms with Gasteiger partial charge in [0, 0.05) is 6.20 Å². The molecule has 0 radical (unpaired) electrons. The molecule has 4 N–H and O–H groups in total. The summed E-state index contributed by atoms with van der Waals surface area (Å²) < 4.78 is 33.8. The molecule has 1 saturated heterocycles. The standard InChI is InChI=1S/C12H17F2N3O4/c1-2-3-6(18)8-9(19)12(13,14)10(21-8)17-5-4-7(15)16-11(17)20/h4-6,8-10,18-19H,2-3H2,1H3,(H2,15,16,20)/t6?,8-,9-,10-/m1/s1. The number of rotatable bonds is 4. The quantitative estimate of drug-likeness (QED) is 0.715. The van der Waals surface area contributed by atoms with Crippen LogP contribution < -0.4 is 11.4 Å². The van der Waals surface area contributed by atoms with Gasteiger partial charge < -0.3 is 20.7 Å². The Balaban J connectivity index is 2.34. The lowest BCUT2D eigenvalue weighted by Gasteiger charge is -2.21. The first-order chi connectivity index (χ1) is 9.78. The van der Waals surface area contributed by atoms with Crippen molar-refractivity contribution in [2.75, 3.05) is 5.73 Å². The van der Waals surface area contributed by atoms with E-state index in [-0.39, 0.29) is 12.2 Å². The molecule has 1 aromatic heterocycles. The van der Waals surface area contributed by atoms with Crippen LogP contribution in [0.5, 0.6) is 0 Å². The van der Waals surface area contributed by atoms with Gasteiger partial charge in [0.15, 0.2) is 6.10 Å². The molecule has 0 aromatic carbocycles. The Hall–Kier alpha value is -1.58. The molecule has 118 valence electrons. The minimum atomic E-state index is -3.74. The first kappa shape index (κ1) is 15.8. The number of hydrogen-bond acceptors (Lipinski definition) is 6. The van der Waals surface area contributed by atoms with Gasteiger partial charge >= 0.3 is 11.6 Å². The number of nitrogens with two attached hydrogens (primary N) is 1. The molecule has 1 aliphatic rings. The monoisotopic (exact) mass is 305 g/mol. The van der Waals surface area contributed by atoms with Crippen molar-refractivity contribution < 1.29 is 23.7 Å². The van der Waals surface area contributed by atoms with E-state index in [0.717, 1.165) is 6.20 Å². The SMILES string of the molecule is CCCC(O)[C@H]1O[C@@H](n2ccc(N)nc2=O)C(F)(F)[C@@H]1O. The van der Waals surface area contributed by atoms with Crippen LogP contribution >= 0.6 is 0 Å². The molecule has 0 bridgehead atoms. The van der Waals surface area contributed by atoms with Crippen molar-refractivity contribution in [2.24, 2.45) is 0 Å². The summed E-state index contributed by atoms with van der Waals surface area (Å²) in [6.45, 7) is 1.76. The minimum absolute atomic E-state index is 0.110. The number of halogens is 2. The van der Waals surface area contributed by atoms with Crippen molar-refractivity contribution in [1.82, 2.24) is 9.55 Å². The van der Waals surface area contributed by atoms with Gasteiger partial charge in [-0.2, -0.15) is 13.8 Å². The third kappa shape index (κ3) is 2.76. The van der Waals surface area contributed by atoms with Crippen molar-refractivity contribution in [3.8, 4) is 0 Å². The highest BCUT2D eigenvalue weighted by molar-refractivity contribution is 5.23. The van der Waals surface area contributed by atoms with Gasteiger partial charge in [0.2, 0.25) is 6.23 Å². The molecule has 9 heteroatoms. The predicted octanol–water partition coefficient (Wildman–Crippen LogP) is -0.120. The fraction of sp³-hybridized carbons (Fsp3) is 0.667. The molecule has 0 amide bonds. The number of aromatic nitrogens is 2. The summed E-state index contributed by atoms with van der Waals surface area (Å²) in [5.41, 5.74) is 4.28. The summed E-state index contributed by atoms with van der Waals surface area (Å²) in [5, 5.41) is 19.5. The second-order valence-electron chi connectivity index (χ2n) is 4.97. The zero-order valence-corrected chi connectivity index (χ0v) is 11.3. The number of alkyl halides is 2. The number of aliphatic hydroxyl groups is 2. The Bertz CT molecular complexity index is 566. The molecule has 1 unspecified atom stereocenters. The van der Waals surface area contributed by atoms with Gasteiger partial charge in [-0.25, -0.2) is 4.79 Å². The molecule has 1 aliphatic heterocycles. The molecule has 4 atom stereocenters. The van der Waals surface area contributed by atoms with Crippen LogP contribution in [0.2, 0.25) is 0 Å². The number of nitrogen functional groups attached to an aromatic ring is 1. The Morgan fingerprint density at radius 3 is 2.86 bits per heavy atom. The molecule has 21 heavy (non-hydrogen) atoms. The van der Waals surface area contributed by atoms with E-state index in [1.807, 2.05) is 0 Å². The van der Waals surface area contributed by atoms with Gasteiger partial charge in [-0.3, -0.25) is 4.57 Å². The van der Waals surface area contributed by atoms with Crippen LogP contribution in [0.1, 0.15) is 26.0 Å². The number of anilines is 1. The van der Waals surface area contributed by atoms with Crippen LogP contribution in [0, 0.1) is 0 Å². The minimum Gasteiger partial charge on any atom is -0.390 e. The topological polar surface area (TPSA) is 111 Å². The van der Waals surface area contributed by atoms with Crippen molar-refractivity contribution in [3.63, 3.8) is 0 Å². The zero-order valence-electron chi connectivity index (χ0n) is 11.3. The molecule has 1 fully saturated rings. The highest BCUT2D eigenvalue weighted by Crippen LogP contribution is 2.43. The van der Waals surface area contributed by atoms with E-state index < -0.39 is 36.2 Å². The maximum Gasteiger partial charge on any atom is 0.351 e. The average Bonchev–Trinajstić information content (AvgIpc) is 2.62. The first-order valence-electron chi connectivity index (χ1n) is 6.53. The van der Waals surface area contributed by atoms with E-state index in [4.69, 9.17) is 10.5 Å². The third-order valence-corrected chi connectivity index (χ3v) is 3.39. The highest BCUT2D eigenvalue weighted by Gasteiger charge is 2.61. The van der Waals surface area contributed by atoms with E-state index in [9.17, 15) is 23.8 Å². The van der Waals surface area contributed by atoms with Crippen molar-refractivity contribution >= 4 is 5.82 Å². The molecular weight excluding hydrogens is 288 g/mol. The second kappa shape index (κ2) is 5.66. The van der Waals surface area contributed by atoms with E-state index in [0.29, 0.717) is 11.0 Å². The van der Waals surface area contributed by atoms with E-state index >= 15 is 0 Å². The van der Waals surface area contributed by atoms with Gasteiger partial charge in [-0.15, -0.1) is 0 Å². The molecule has 2 heterocycles. The summed E-state index contributed by atoms with van der Waals surface area (Å²) in [7, 11) is 0. The number of nitrogens with zero attached hydrogens (tertiary/aromatic N) is 2. The van der Waals surface area contributed by atoms with Crippen molar-refractivity contribution in [2.45, 2.75) is 50.2 Å². The smallest absolute Gasteiger partial charge is 0.351 e. The van der Waals surface area contributed by atoms with Gasteiger partial charge in [0.1, 0.15) is 11.9 Å². The lowest BCUT2D eigenvalue weighted by Crippen LogP contribution is -2.43. The zero-order chi connectivity index (χ0) is 15.8. The summed E-state index contributed by atoms with van der Waals surface area (Å²) >= 11 is 0. The molecule has 1 aromatic rings. The Morgan fingerprint density at radius 2 is 2.29 bits per heavy atom. The summed E-state index contributed by atoms with van der Waals surface area (Å²) in [5.74, 6) is -3.85. The highest BCUT2D eigenvalue weighted by atomic mass is 19.3. The van der Waals surface area contributed by atoms with Crippen LogP contribution in [0.3, 0.4) is 0 Å². The van der Waals surface area contributed by atoms with Crippen molar-refractivity contribution in [1.29, 1.82) is 0 Å². The number of hydrogen-bond donors (Lipinski definition) is 3. The predicted molar refractivity (Wildman–Crippen MR) is 68.7 cm³/mol. The van der Waals surface area contributed by atoms with Gasteiger partial charge in [0.05, 0.1) is 6.10 Å². The summed E-state index contributed by atoms with van der Waals surface area (Å²) in [6, 6.07) is 1.17. The van der Waals surface area contributed by atoms with Crippen LogP contribution in [-0.2, 0) is 4.74 Å². The average molecular weight is 305 g/mol. The molecule has 0 spiro atoms. The van der Waals surface area contributed by atoms with Crippen LogP contribution in [-0.4, -0.2) is 44.0 Å². The number of ether oxygens (including phenoxy) is 1. The molecular formula is C12H17F2N3O4. The van der Waals surface area contributed by atoms with Gasteiger partial charge in [-0.1, -0.05) is 13.3 Å². The maximum atomic E-state index is 14.1.